The van der Waals surface area contributed by atoms with Gasteiger partial charge in [-0.15, -0.1) is 11.3 Å². The van der Waals surface area contributed by atoms with Crippen LogP contribution in [-0.2, 0) is 4.74 Å². The quantitative estimate of drug-likeness (QED) is 0.404. The van der Waals surface area contributed by atoms with Crippen LogP contribution >= 0.6 is 11.3 Å². The Bertz CT molecular complexity index is 1250. The normalized spacial score (nSPS) is 15.0. The highest BCUT2D eigenvalue weighted by atomic mass is 32.1. The van der Waals surface area contributed by atoms with Crippen molar-refractivity contribution in [3.8, 4) is 11.5 Å². The molecule has 6 nitrogen and oxygen atoms in total. The van der Waals surface area contributed by atoms with Crippen molar-refractivity contribution in [2.24, 2.45) is 10.1 Å². The zero-order chi connectivity index (χ0) is 21.8. The summed E-state index contributed by atoms with van der Waals surface area (Å²) in [6, 6.07) is 20.4. The Hall–Kier alpha value is -3.42. The van der Waals surface area contributed by atoms with Gasteiger partial charge in [0.15, 0.2) is 5.76 Å². The highest BCUT2D eigenvalue weighted by molar-refractivity contribution is 7.07. The van der Waals surface area contributed by atoms with E-state index in [1.165, 1.54) is 22.6 Å². The van der Waals surface area contributed by atoms with Crippen molar-refractivity contribution in [1.82, 2.24) is 4.68 Å². The zero-order valence-electron chi connectivity index (χ0n) is 17.8. The minimum absolute atomic E-state index is 0.756. The van der Waals surface area contributed by atoms with Gasteiger partial charge in [0.2, 0.25) is 4.80 Å². The minimum Gasteiger partial charge on any atom is -0.463 e. The summed E-state index contributed by atoms with van der Waals surface area (Å²) in [7, 11) is 0. The molecule has 1 saturated heterocycles. The van der Waals surface area contributed by atoms with Gasteiger partial charge in [-0.1, -0.05) is 29.8 Å². The number of nitrogens with zero attached hydrogens (tertiary/aromatic N) is 4. The maximum atomic E-state index is 5.63. The number of rotatable bonds is 5. The Morgan fingerprint density at radius 2 is 1.75 bits per heavy atom. The number of aromatic nitrogens is 1. The molecule has 1 fully saturated rings. The highest BCUT2D eigenvalue weighted by Gasteiger charge is 2.11. The molecule has 4 aromatic rings. The number of hydrogen-bond donors (Lipinski definition) is 0. The van der Waals surface area contributed by atoms with Crippen molar-refractivity contribution in [2.75, 3.05) is 31.2 Å². The average Bonchev–Trinajstić information content (AvgIpc) is 3.50. The number of morpholine rings is 1. The first-order chi connectivity index (χ1) is 15.8. The number of benzene rings is 2. The first kappa shape index (κ1) is 20.5. The van der Waals surface area contributed by atoms with E-state index in [-0.39, 0.29) is 0 Å². The smallest absolute Gasteiger partial charge is 0.211 e. The molecule has 2 aromatic carbocycles. The van der Waals surface area contributed by atoms with Gasteiger partial charge in [-0.2, -0.15) is 5.10 Å². The van der Waals surface area contributed by atoms with Gasteiger partial charge in [-0.3, -0.25) is 0 Å². The Morgan fingerprint density at radius 3 is 2.47 bits per heavy atom. The summed E-state index contributed by atoms with van der Waals surface area (Å²) in [4.78, 5) is 7.93. The van der Waals surface area contributed by atoms with Crippen LogP contribution in [0.3, 0.4) is 0 Å². The Balaban J connectivity index is 1.47. The molecule has 5 rings (SSSR count). The number of aryl methyl sites for hydroxylation is 1. The molecule has 0 amide bonds. The molecule has 1 aliphatic heterocycles. The lowest BCUT2D eigenvalue weighted by Crippen LogP contribution is -2.36. The van der Waals surface area contributed by atoms with Crippen LogP contribution in [0.15, 0.2) is 86.8 Å². The van der Waals surface area contributed by atoms with Crippen LogP contribution in [-0.4, -0.2) is 37.2 Å². The third kappa shape index (κ3) is 4.59. The summed E-state index contributed by atoms with van der Waals surface area (Å²) < 4.78 is 12.9. The molecule has 0 N–H and O–H groups in total. The second-order valence-electron chi connectivity index (χ2n) is 7.58. The van der Waals surface area contributed by atoms with Gasteiger partial charge in [-0.05, 0) is 48.9 Å². The lowest BCUT2D eigenvalue weighted by atomic mass is 10.2. The molecule has 3 heterocycles. The van der Waals surface area contributed by atoms with E-state index in [1.807, 2.05) is 40.5 Å². The van der Waals surface area contributed by atoms with Crippen LogP contribution in [0.25, 0.3) is 11.5 Å². The van der Waals surface area contributed by atoms with Crippen LogP contribution in [0, 0.1) is 6.92 Å². The molecule has 0 bridgehead atoms. The lowest BCUT2D eigenvalue weighted by molar-refractivity contribution is 0.122. The van der Waals surface area contributed by atoms with Gasteiger partial charge in [0.25, 0.3) is 0 Å². The molecule has 0 atom stereocenters. The lowest BCUT2D eigenvalue weighted by Gasteiger charge is -2.28. The standard InChI is InChI=1S/C25H24N4O2S/c1-19-4-8-21(9-5-19)27-25-29(23(18-32-25)24-3-2-14-31-24)26-17-20-6-10-22(11-7-20)28-12-15-30-16-13-28/h2-11,14,17-18H,12-13,15-16H2,1H3. The van der Waals surface area contributed by atoms with Crippen molar-refractivity contribution in [3.63, 3.8) is 0 Å². The molecule has 7 heteroatoms. The van der Waals surface area contributed by atoms with Gasteiger partial charge < -0.3 is 14.1 Å². The first-order valence-corrected chi connectivity index (χ1v) is 11.5. The van der Waals surface area contributed by atoms with Crippen molar-refractivity contribution in [1.29, 1.82) is 0 Å². The van der Waals surface area contributed by atoms with Crippen LogP contribution < -0.4 is 9.70 Å². The number of furan rings is 1. The molecule has 0 saturated carbocycles. The fourth-order valence-electron chi connectivity index (χ4n) is 3.53. The number of hydrogen-bond acceptors (Lipinski definition) is 6. The van der Waals surface area contributed by atoms with E-state index >= 15 is 0 Å². The van der Waals surface area contributed by atoms with E-state index < -0.39 is 0 Å². The molecule has 0 spiro atoms. The van der Waals surface area contributed by atoms with Crippen LogP contribution in [0.1, 0.15) is 11.1 Å². The van der Waals surface area contributed by atoms with Gasteiger partial charge in [0.05, 0.1) is 31.4 Å². The Morgan fingerprint density at radius 1 is 0.969 bits per heavy atom. The number of thiazole rings is 1. The predicted molar refractivity (Wildman–Crippen MR) is 129 cm³/mol. The summed E-state index contributed by atoms with van der Waals surface area (Å²) in [5.74, 6) is 0.756. The van der Waals surface area contributed by atoms with Crippen molar-refractivity contribution >= 4 is 28.9 Å². The summed E-state index contributed by atoms with van der Waals surface area (Å²) in [5.41, 5.74) is 5.19. The predicted octanol–water partition coefficient (Wildman–Crippen LogP) is 5.07. The van der Waals surface area contributed by atoms with Crippen LogP contribution in [0.4, 0.5) is 11.4 Å². The Labute approximate surface area is 190 Å². The summed E-state index contributed by atoms with van der Waals surface area (Å²) in [6.07, 6.45) is 3.53. The third-order valence-corrected chi connectivity index (χ3v) is 6.13. The fourth-order valence-corrected chi connectivity index (χ4v) is 4.37. The molecule has 162 valence electrons. The molecular weight excluding hydrogens is 420 g/mol. The summed E-state index contributed by atoms with van der Waals surface area (Å²) in [6.45, 7) is 5.48. The van der Waals surface area contributed by atoms with Crippen molar-refractivity contribution in [2.45, 2.75) is 6.92 Å². The van der Waals surface area contributed by atoms with Gasteiger partial charge in [0, 0.05) is 24.2 Å². The minimum atomic E-state index is 0.756. The first-order valence-electron chi connectivity index (χ1n) is 10.6. The second-order valence-corrected chi connectivity index (χ2v) is 8.41. The molecule has 0 aliphatic carbocycles. The maximum absolute atomic E-state index is 5.63. The zero-order valence-corrected chi connectivity index (χ0v) is 18.7. The molecule has 2 aromatic heterocycles. The van der Waals surface area contributed by atoms with Crippen molar-refractivity contribution in [3.05, 3.63) is 88.2 Å². The topological polar surface area (TPSA) is 55.3 Å². The number of anilines is 1. The molecule has 0 radical (unpaired) electrons. The second kappa shape index (κ2) is 9.38. The van der Waals surface area contributed by atoms with Crippen molar-refractivity contribution < 1.29 is 9.15 Å². The monoisotopic (exact) mass is 444 g/mol. The van der Waals surface area contributed by atoms with Gasteiger partial charge in [-0.25, -0.2) is 9.67 Å². The van der Waals surface area contributed by atoms with E-state index in [0.29, 0.717) is 0 Å². The summed E-state index contributed by atoms with van der Waals surface area (Å²) >= 11 is 1.53. The van der Waals surface area contributed by atoms with E-state index in [4.69, 9.17) is 19.2 Å². The molecule has 0 unspecified atom stereocenters. The van der Waals surface area contributed by atoms with E-state index in [2.05, 4.69) is 48.2 Å². The highest BCUT2D eigenvalue weighted by Crippen LogP contribution is 2.22. The molecular formula is C25H24N4O2S. The summed E-state index contributed by atoms with van der Waals surface area (Å²) in [5, 5.41) is 6.78. The average molecular weight is 445 g/mol. The van der Waals surface area contributed by atoms with Gasteiger partial charge in [0.1, 0.15) is 5.69 Å². The molecule has 32 heavy (non-hydrogen) atoms. The maximum Gasteiger partial charge on any atom is 0.211 e. The SMILES string of the molecule is Cc1ccc(N=c2scc(-c3ccco3)n2N=Cc2ccc(N3CCOCC3)cc2)cc1. The number of ether oxygens (including phenoxy) is 1. The van der Waals surface area contributed by atoms with Crippen LogP contribution in [0.5, 0.6) is 0 Å². The van der Waals surface area contributed by atoms with Gasteiger partial charge >= 0.3 is 0 Å². The third-order valence-electron chi connectivity index (χ3n) is 5.31. The van der Waals surface area contributed by atoms with E-state index in [0.717, 1.165) is 53.8 Å². The van der Waals surface area contributed by atoms with E-state index in [9.17, 15) is 0 Å². The van der Waals surface area contributed by atoms with E-state index in [1.54, 1.807) is 6.26 Å². The fraction of sp³-hybridized carbons (Fsp3) is 0.200. The molecule has 1 aliphatic rings. The van der Waals surface area contributed by atoms with Crippen LogP contribution in [0.2, 0.25) is 0 Å². The Kier molecular flexibility index (Phi) is 6.00. The largest absolute Gasteiger partial charge is 0.463 e.